The summed E-state index contributed by atoms with van der Waals surface area (Å²) in [6, 6.07) is 4.32. The molecule has 1 aromatic rings. The Balaban J connectivity index is 2.17. The molecular formula is C12H11F3O4S. The molecule has 1 aromatic carbocycles. The highest BCUT2D eigenvalue weighted by Gasteiger charge is 2.37. The summed E-state index contributed by atoms with van der Waals surface area (Å²) in [6.07, 6.45) is -4.56. The fraction of sp³-hybridized carbons (Fsp3) is 0.417. The van der Waals surface area contributed by atoms with Crippen LogP contribution in [0.25, 0.3) is 0 Å². The van der Waals surface area contributed by atoms with Gasteiger partial charge in [0.25, 0.3) is 0 Å². The fourth-order valence-electron chi connectivity index (χ4n) is 1.96. The maximum atomic E-state index is 12.7. The van der Waals surface area contributed by atoms with Crippen LogP contribution in [0.2, 0.25) is 0 Å². The van der Waals surface area contributed by atoms with Gasteiger partial charge in [-0.3, -0.25) is 4.79 Å². The summed E-state index contributed by atoms with van der Waals surface area (Å²) in [7, 11) is -3.29. The molecule has 1 aliphatic heterocycles. The predicted molar refractivity (Wildman–Crippen MR) is 63.8 cm³/mol. The minimum absolute atomic E-state index is 0.0787. The number of hydrogen-bond donors (Lipinski definition) is 0. The Kier molecular flexibility index (Phi) is 3.77. The lowest BCUT2D eigenvalue weighted by Gasteiger charge is -2.14. The first-order chi connectivity index (χ1) is 9.19. The molecule has 8 heteroatoms. The van der Waals surface area contributed by atoms with Gasteiger partial charge in [-0.05, 0) is 18.6 Å². The van der Waals surface area contributed by atoms with Gasteiger partial charge in [0.15, 0.2) is 9.84 Å². The summed E-state index contributed by atoms with van der Waals surface area (Å²) in [5, 5.41) is 0. The van der Waals surface area contributed by atoms with Gasteiger partial charge in [-0.2, -0.15) is 13.2 Å². The smallest absolute Gasteiger partial charge is 0.419 e. The SMILES string of the molecule is O=C(Oc1ccccc1C(F)(F)F)C1CCS(=O)(=O)C1. The molecule has 0 saturated carbocycles. The molecular weight excluding hydrogens is 297 g/mol. The number of hydrogen-bond acceptors (Lipinski definition) is 4. The molecule has 110 valence electrons. The van der Waals surface area contributed by atoms with Gasteiger partial charge in [0.2, 0.25) is 0 Å². The van der Waals surface area contributed by atoms with E-state index in [9.17, 15) is 26.4 Å². The van der Waals surface area contributed by atoms with E-state index in [4.69, 9.17) is 4.74 Å². The lowest BCUT2D eigenvalue weighted by Crippen LogP contribution is -2.23. The Morgan fingerprint density at radius 2 is 1.90 bits per heavy atom. The van der Waals surface area contributed by atoms with E-state index in [0.717, 1.165) is 12.1 Å². The molecule has 0 spiro atoms. The summed E-state index contributed by atoms with van der Waals surface area (Å²) in [5.41, 5.74) is -1.06. The molecule has 0 aliphatic carbocycles. The Morgan fingerprint density at radius 1 is 1.25 bits per heavy atom. The number of esters is 1. The fourth-order valence-corrected chi connectivity index (χ4v) is 3.69. The van der Waals surface area contributed by atoms with Crippen molar-refractivity contribution < 1.29 is 31.1 Å². The summed E-state index contributed by atoms with van der Waals surface area (Å²) in [6.45, 7) is 0. The molecule has 1 unspecified atom stereocenters. The Bertz CT molecular complexity index is 622. The molecule has 2 rings (SSSR count). The first-order valence-corrected chi connectivity index (χ1v) is 7.59. The van der Waals surface area contributed by atoms with Gasteiger partial charge in [-0.1, -0.05) is 12.1 Å². The van der Waals surface area contributed by atoms with Crippen LogP contribution in [-0.4, -0.2) is 25.9 Å². The van der Waals surface area contributed by atoms with Crippen LogP contribution in [0.1, 0.15) is 12.0 Å². The molecule has 1 saturated heterocycles. The molecule has 0 radical (unpaired) electrons. The van der Waals surface area contributed by atoms with Crippen molar-refractivity contribution in [1.82, 2.24) is 0 Å². The van der Waals surface area contributed by atoms with Crippen molar-refractivity contribution in [3.8, 4) is 5.75 Å². The van der Waals surface area contributed by atoms with E-state index in [-0.39, 0.29) is 17.9 Å². The van der Waals surface area contributed by atoms with E-state index in [1.807, 2.05) is 0 Å². The Labute approximate surface area is 113 Å². The number of halogens is 3. The maximum Gasteiger partial charge on any atom is 0.419 e. The van der Waals surface area contributed by atoms with Crippen LogP contribution in [0.15, 0.2) is 24.3 Å². The van der Waals surface area contributed by atoms with E-state index in [1.165, 1.54) is 12.1 Å². The van der Waals surface area contributed by atoms with E-state index in [2.05, 4.69) is 0 Å². The number of carbonyl (C=O) groups excluding carboxylic acids is 1. The van der Waals surface area contributed by atoms with Crippen LogP contribution < -0.4 is 4.74 Å². The third-order valence-corrected chi connectivity index (χ3v) is 4.74. The third-order valence-electron chi connectivity index (χ3n) is 2.97. The molecule has 0 N–H and O–H groups in total. The second-order valence-electron chi connectivity index (χ2n) is 4.51. The highest BCUT2D eigenvalue weighted by atomic mass is 32.2. The van der Waals surface area contributed by atoms with Crippen LogP contribution in [0.4, 0.5) is 13.2 Å². The molecule has 1 fully saturated rings. The number of alkyl halides is 3. The minimum atomic E-state index is -4.64. The zero-order valence-corrected chi connectivity index (χ0v) is 11.0. The van der Waals surface area contributed by atoms with Gasteiger partial charge in [0.1, 0.15) is 5.75 Å². The number of para-hydroxylation sites is 1. The second kappa shape index (κ2) is 5.08. The third kappa shape index (κ3) is 3.30. The number of carbonyl (C=O) groups is 1. The lowest BCUT2D eigenvalue weighted by molar-refractivity contribution is -0.144. The van der Waals surface area contributed by atoms with Crippen molar-refractivity contribution >= 4 is 15.8 Å². The summed E-state index contributed by atoms with van der Waals surface area (Å²) < 4.78 is 65.3. The summed E-state index contributed by atoms with van der Waals surface area (Å²) in [4.78, 5) is 11.7. The summed E-state index contributed by atoms with van der Waals surface area (Å²) >= 11 is 0. The maximum absolute atomic E-state index is 12.7. The van der Waals surface area contributed by atoms with Crippen LogP contribution in [0, 0.1) is 5.92 Å². The number of sulfone groups is 1. The van der Waals surface area contributed by atoms with E-state index >= 15 is 0 Å². The monoisotopic (exact) mass is 308 g/mol. The molecule has 1 aliphatic rings. The van der Waals surface area contributed by atoms with Crippen molar-refractivity contribution in [1.29, 1.82) is 0 Å². The highest BCUT2D eigenvalue weighted by molar-refractivity contribution is 7.91. The molecule has 4 nitrogen and oxygen atoms in total. The van der Waals surface area contributed by atoms with Crippen molar-refractivity contribution in [2.75, 3.05) is 11.5 Å². The van der Waals surface area contributed by atoms with Crippen molar-refractivity contribution in [3.05, 3.63) is 29.8 Å². The van der Waals surface area contributed by atoms with Gasteiger partial charge < -0.3 is 4.74 Å². The Morgan fingerprint density at radius 3 is 2.45 bits per heavy atom. The van der Waals surface area contributed by atoms with E-state index in [1.54, 1.807) is 0 Å². The number of benzene rings is 1. The lowest BCUT2D eigenvalue weighted by atomic mass is 10.1. The molecule has 0 bridgehead atoms. The van der Waals surface area contributed by atoms with Crippen molar-refractivity contribution in [3.63, 3.8) is 0 Å². The second-order valence-corrected chi connectivity index (χ2v) is 6.74. The highest BCUT2D eigenvalue weighted by Crippen LogP contribution is 2.36. The van der Waals surface area contributed by atoms with Crippen molar-refractivity contribution in [2.24, 2.45) is 5.92 Å². The van der Waals surface area contributed by atoms with E-state index in [0.29, 0.717) is 0 Å². The zero-order valence-electron chi connectivity index (χ0n) is 10.2. The first-order valence-electron chi connectivity index (χ1n) is 5.77. The first kappa shape index (κ1) is 14.8. The van der Waals surface area contributed by atoms with Gasteiger partial charge in [0.05, 0.1) is 23.0 Å². The number of rotatable bonds is 2. The standard InChI is InChI=1S/C12H11F3O4S/c13-12(14,15)9-3-1-2-4-10(9)19-11(16)8-5-6-20(17,18)7-8/h1-4,8H,5-7H2. The minimum Gasteiger partial charge on any atom is -0.426 e. The largest absolute Gasteiger partial charge is 0.426 e. The Hall–Kier alpha value is -1.57. The van der Waals surface area contributed by atoms with E-state index < -0.39 is 39.2 Å². The number of ether oxygens (including phenoxy) is 1. The van der Waals surface area contributed by atoms with Gasteiger partial charge >= 0.3 is 12.1 Å². The molecule has 1 atom stereocenters. The average molecular weight is 308 g/mol. The molecule has 0 aromatic heterocycles. The molecule has 1 heterocycles. The van der Waals surface area contributed by atoms with Crippen LogP contribution in [0.5, 0.6) is 5.75 Å². The van der Waals surface area contributed by atoms with Gasteiger partial charge in [-0.25, -0.2) is 8.42 Å². The average Bonchev–Trinajstić information content (AvgIpc) is 2.69. The van der Waals surface area contributed by atoms with Gasteiger partial charge in [-0.15, -0.1) is 0 Å². The van der Waals surface area contributed by atoms with Crippen molar-refractivity contribution in [2.45, 2.75) is 12.6 Å². The normalized spacial score (nSPS) is 21.6. The van der Waals surface area contributed by atoms with Gasteiger partial charge in [0, 0.05) is 0 Å². The topological polar surface area (TPSA) is 60.4 Å². The zero-order chi connectivity index (χ0) is 15.0. The predicted octanol–water partition coefficient (Wildman–Crippen LogP) is 2.05. The van der Waals surface area contributed by atoms with Crippen LogP contribution in [-0.2, 0) is 20.8 Å². The quantitative estimate of drug-likeness (QED) is 0.620. The molecule has 20 heavy (non-hydrogen) atoms. The van der Waals surface area contributed by atoms with Crippen LogP contribution in [0.3, 0.4) is 0 Å². The summed E-state index contributed by atoms with van der Waals surface area (Å²) in [5.74, 6) is -2.97. The molecule has 0 amide bonds. The van der Waals surface area contributed by atoms with Crippen LogP contribution >= 0.6 is 0 Å².